The summed E-state index contributed by atoms with van der Waals surface area (Å²) >= 11 is 0. The maximum atomic E-state index is 14.1. The van der Waals surface area contributed by atoms with Crippen molar-refractivity contribution < 1.29 is 37.0 Å². The Balaban J connectivity index is 3.16. The van der Waals surface area contributed by atoms with E-state index in [0.29, 0.717) is 6.42 Å². The second-order valence-corrected chi connectivity index (χ2v) is 7.21. The zero-order valence-corrected chi connectivity index (χ0v) is 18.0. The summed E-state index contributed by atoms with van der Waals surface area (Å²) in [6.07, 6.45) is -1.43. The lowest BCUT2D eigenvalue weighted by atomic mass is 9.92. The van der Waals surface area contributed by atoms with Crippen molar-refractivity contribution in [2.45, 2.75) is 70.3 Å². The van der Waals surface area contributed by atoms with Crippen LogP contribution in [0, 0.1) is 5.92 Å². The normalized spacial score (nSPS) is 15.7. The van der Waals surface area contributed by atoms with Crippen molar-refractivity contribution in [1.82, 2.24) is 0 Å². The van der Waals surface area contributed by atoms with Gasteiger partial charge in [-0.2, -0.15) is 13.2 Å². The highest BCUT2D eigenvalue weighted by Gasteiger charge is 2.64. The summed E-state index contributed by atoms with van der Waals surface area (Å²) in [5.41, 5.74) is -3.68. The Bertz CT molecular complexity index is 662. The number of hydrogen-bond donors (Lipinski definition) is 0. The highest BCUT2D eigenvalue weighted by Crippen LogP contribution is 2.43. The van der Waals surface area contributed by atoms with Gasteiger partial charge in [-0.05, 0) is 19.8 Å². The Hall–Kier alpha value is -2.09. The molecule has 170 valence electrons. The molecular formula is C22H31F3O5. The fourth-order valence-electron chi connectivity index (χ4n) is 3.31. The Kier molecular flexibility index (Phi) is 10.3. The third kappa shape index (κ3) is 6.20. The Morgan fingerprint density at radius 1 is 1.00 bits per heavy atom. The number of halogens is 3. The molecule has 0 aliphatic heterocycles. The van der Waals surface area contributed by atoms with Crippen molar-refractivity contribution in [3.05, 3.63) is 35.9 Å². The summed E-state index contributed by atoms with van der Waals surface area (Å²) in [7, 11) is 1.99. The van der Waals surface area contributed by atoms with E-state index in [2.05, 4.69) is 6.92 Å². The number of ether oxygens (including phenoxy) is 3. The fraction of sp³-hybridized carbons (Fsp3) is 0.636. The molecule has 0 spiro atoms. The minimum atomic E-state index is -5.07. The number of alkyl halides is 3. The lowest BCUT2D eigenvalue weighted by molar-refractivity contribution is -0.279. The Labute approximate surface area is 175 Å². The van der Waals surface area contributed by atoms with E-state index in [0.717, 1.165) is 44.9 Å². The molecule has 0 N–H and O–H groups in total. The van der Waals surface area contributed by atoms with Crippen LogP contribution in [0.2, 0.25) is 0 Å². The standard InChI is InChI=1S/C22H31F3O5/c1-5-6-7-8-12-15-18(16(2)19(26)28-3)30-20(27)21(29-4,22(23,24)25)17-13-10-9-11-14-17/h9-11,13-14,16,18H,5-8,12,15H2,1-4H3/t16-,18+,21+/m0/s1. The quantitative estimate of drug-likeness (QED) is 0.337. The molecule has 3 atom stereocenters. The van der Waals surface area contributed by atoms with Crippen molar-refractivity contribution in [1.29, 1.82) is 0 Å². The Morgan fingerprint density at radius 3 is 2.10 bits per heavy atom. The molecule has 0 saturated heterocycles. The first kappa shape index (κ1) is 25.9. The summed E-state index contributed by atoms with van der Waals surface area (Å²) in [5, 5.41) is 0. The lowest BCUT2D eigenvalue weighted by Crippen LogP contribution is -2.53. The van der Waals surface area contributed by atoms with Gasteiger partial charge in [-0.1, -0.05) is 62.9 Å². The molecule has 0 heterocycles. The molecule has 0 fully saturated rings. The van der Waals surface area contributed by atoms with Crippen LogP contribution in [0.4, 0.5) is 13.2 Å². The van der Waals surface area contributed by atoms with Gasteiger partial charge in [-0.25, -0.2) is 4.79 Å². The first-order chi connectivity index (χ1) is 14.2. The SMILES string of the molecule is CCCCCCC[C@@H](OC(=O)[C@](OC)(c1ccccc1)C(F)(F)F)[C@H](C)C(=O)OC. The third-order valence-corrected chi connectivity index (χ3v) is 5.15. The minimum Gasteiger partial charge on any atom is -0.469 e. The zero-order chi connectivity index (χ0) is 22.8. The van der Waals surface area contributed by atoms with Crippen LogP contribution in [0.25, 0.3) is 0 Å². The van der Waals surface area contributed by atoms with Crippen molar-refractivity contribution >= 4 is 11.9 Å². The summed E-state index contributed by atoms with van der Waals surface area (Å²) in [5.74, 6) is -3.17. The average Bonchev–Trinajstić information content (AvgIpc) is 2.72. The molecular weight excluding hydrogens is 401 g/mol. The highest BCUT2D eigenvalue weighted by molar-refractivity contribution is 5.83. The predicted molar refractivity (Wildman–Crippen MR) is 106 cm³/mol. The van der Waals surface area contributed by atoms with E-state index < -0.39 is 41.3 Å². The molecule has 0 aromatic heterocycles. The van der Waals surface area contributed by atoms with Gasteiger partial charge in [0.05, 0.1) is 13.0 Å². The second-order valence-electron chi connectivity index (χ2n) is 7.21. The molecule has 0 bridgehead atoms. The van der Waals surface area contributed by atoms with E-state index in [1.165, 1.54) is 32.2 Å². The van der Waals surface area contributed by atoms with Crippen LogP contribution >= 0.6 is 0 Å². The van der Waals surface area contributed by atoms with Crippen molar-refractivity contribution in [3.63, 3.8) is 0 Å². The van der Waals surface area contributed by atoms with Gasteiger partial charge in [0.2, 0.25) is 0 Å². The van der Waals surface area contributed by atoms with Crippen LogP contribution in [-0.2, 0) is 29.4 Å². The number of rotatable bonds is 12. The molecule has 5 nitrogen and oxygen atoms in total. The van der Waals surface area contributed by atoms with E-state index in [1.54, 1.807) is 0 Å². The summed E-state index contributed by atoms with van der Waals surface area (Å²) in [6, 6.07) is 6.60. The number of unbranched alkanes of at least 4 members (excludes halogenated alkanes) is 4. The predicted octanol–water partition coefficient (Wildman–Crippen LogP) is 5.17. The molecule has 30 heavy (non-hydrogen) atoms. The van der Waals surface area contributed by atoms with Gasteiger partial charge in [0, 0.05) is 12.7 Å². The molecule has 8 heteroatoms. The van der Waals surface area contributed by atoms with E-state index in [1.807, 2.05) is 0 Å². The maximum Gasteiger partial charge on any atom is 0.432 e. The van der Waals surface area contributed by atoms with Crippen LogP contribution in [0.15, 0.2) is 30.3 Å². The van der Waals surface area contributed by atoms with E-state index in [-0.39, 0.29) is 6.42 Å². The number of hydrogen-bond acceptors (Lipinski definition) is 5. The summed E-state index contributed by atoms with van der Waals surface area (Å²) < 4.78 is 56.9. The molecule has 0 aliphatic rings. The number of methoxy groups -OCH3 is 2. The van der Waals surface area contributed by atoms with Crippen LogP contribution in [-0.4, -0.2) is 38.4 Å². The lowest BCUT2D eigenvalue weighted by Gasteiger charge is -2.34. The average molecular weight is 432 g/mol. The molecule has 1 aromatic rings. The number of esters is 2. The summed E-state index contributed by atoms with van der Waals surface area (Å²) in [4.78, 5) is 24.9. The van der Waals surface area contributed by atoms with Crippen molar-refractivity contribution in [3.8, 4) is 0 Å². The van der Waals surface area contributed by atoms with Crippen LogP contribution in [0.5, 0.6) is 0 Å². The number of benzene rings is 1. The monoisotopic (exact) mass is 432 g/mol. The fourth-order valence-corrected chi connectivity index (χ4v) is 3.31. The van der Waals surface area contributed by atoms with Crippen LogP contribution < -0.4 is 0 Å². The van der Waals surface area contributed by atoms with Gasteiger partial charge in [0.1, 0.15) is 6.10 Å². The van der Waals surface area contributed by atoms with Crippen LogP contribution in [0.3, 0.4) is 0 Å². The van der Waals surface area contributed by atoms with Gasteiger partial charge >= 0.3 is 18.1 Å². The van der Waals surface area contributed by atoms with Gasteiger partial charge in [0.15, 0.2) is 0 Å². The van der Waals surface area contributed by atoms with E-state index in [9.17, 15) is 22.8 Å². The highest BCUT2D eigenvalue weighted by atomic mass is 19.4. The van der Waals surface area contributed by atoms with Gasteiger partial charge < -0.3 is 14.2 Å². The number of carbonyl (C=O) groups excluding carboxylic acids is 2. The molecule has 0 saturated carbocycles. The molecule has 0 aliphatic carbocycles. The maximum absolute atomic E-state index is 14.1. The second kappa shape index (κ2) is 11.9. The first-order valence-electron chi connectivity index (χ1n) is 10.1. The van der Waals surface area contributed by atoms with E-state index in [4.69, 9.17) is 14.2 Å². The largest absolute Gasteiger partial charge is 0.469 e. The molecule has 1 aromatic carbocycles. The van der Waals surface area contributed by atoms with Gasteiger partial charge in [-0.15, -0.1) is 0 Å². The topological polar surface area (TPSA) is 61.8 Å². The van der Waals surface area contributed by atoms with Crippen molar-refractivity contribution in [2.24, 2.45) is 5.92 Å². The minimum absolute atomic E-state index is 0.248. The molecule has 0 amide bonds. The van der Waals surface area contributed by atoms with Gasteiger partial charge in [-0.3, -0.25) is 4.79 Å². The van der Waals surface area contributed by atoms with Crippen LogP contribution in [0.1, 0.15) is 57.9 Å². The Morgan fingerprint density at radius 2 is 1.60 bits per heavy atom. The van der Waals surface area contributed by atoms with E-state index >= 15 is 0 Å². The smallest absolute Gasteiger partial charge is 0.432 e. The first-order valence-corrected chi connectivity index (χ1v) is 10.1. The number of carbonyl (C=O) groups is 2. The summed E-state index contributed by atoms with van der Waals surface area (Å²) in [6.45, 7) is 3.54. The molecule has 0 unspecified atom stereocenters. The molecule has 0 radical (unpaired) electrons. The molecule has 1 rings (SSSR count). The zero-order valence-electron chi connectivity index (χ0n) is 18.0. The van der Waals surface area contributed by atoms with Gasteiger partial charge in [0.25, 0.3) is 5.60 Å². The third-order valence-electron chi connectivity index (χ3n) is 5.15. The van der Waals surface area contributed by atoms with Crippen molar-refractivity contribution in [2.75, 3.05) is 14.2 Å².